The zero-order valence-electron chi connectivity index (χ0n) is 10.7. The first kappa shape index (κ1) is 14.7. The second kappa shape index (κ2) is 6.19. The van der Waals surface area contributed by atoms with Crippen LogP contribution in [-0.2, 0) is 16.8 Å². The molecule has 1 aromatic heterocycles. The molecule has 0 aliphatic heterocycles. The molecule has 0 spiro atoms. The molecule has 108 valence electrons. The lowest BCUT2D eigenvalue weighted by Gasteiger charge is -2.21. The molecule has 0 aliphatic carbocycles. The lowest BCUT2D eigenvalue weighted by atomic mass is 10.2. The third kappa shape index (κ3) is 3.91. The van der Waals surface area contributed by atoms with E-state index >= 15 is 0 Å². The number of nitrogens with zero attached hydrogens (tertiary/aromatic N) is 1. The standard InChI is InChI=1S/C13H16N2O4S/c14-20(17,18)15(9-11-5-2-1-3-6-11)10-12(16)13-7-4-8-19-13/h1-8,12,16H,9-10H2,(H2,14,17,18). The van der Waals surface area contributed by atoms with Gasteiger partial charge >= 0.3 is 0 Å². The number of nitrogens with two attached hydrogens (primary N) is 1. The van der Waals surface area contributed by atoms with Gasteiger partial charge in [-0.05, 0) is 17.7 Å². The van der Waals surface area contributed by atoms with E-state index in [4.69, 9.17) is 9.56 Å². The van der Waals surface area contributed by atoms with Crippen LogP contribution in [0.3, 0.4) is 0 Å². The predicted octanol–water partition coefficient (Wildman–Crippen LogP) is 1.02. The van der Waals surface area contributed by atoms with Crippen LogP contribution in [0, 0.1) is 0 Å². The molecule has 0 fully saturated rings. The van der Waals surface area contributed by atoms with Crippen molar-refractivity contribution in [2.45, 2.75) is 12.6 Å². The van der Waals surface area contributed by atoms with Crippen molar-refractivity contribution < 1.29 is 17.9 Å². The molecule has 1 heterocycles. The summed E-state index contributed by atoms with van der Waals surface area (Å²) in [6, 6.07) is 12.2. The van der Waals surface area contributed by atoms with E-state index in [1.807, 2.05) is 6.07 Å². The van der Waals surface area contributed by atoms with Crippen LogP contribution in [0.4, 0.5) is 0 Å². The smallest absolute Gasteiger partial charge is 0.277 e. The molecule has 0 saturated heterocycles. The van der Waals surface area contributed by atoms with Gasteiger partial charge in [0.15, 0.2) is 0 Å². The lowest BCUT2D eigenvalue weighted by Crippen LogP contribution is -2.38. The number of aliphatic hydroxyl groups excluding tert-OH is 1. The molecule has 0 radical (unpaired) electrons. The third-order valence-corrected chi connectivity index (χ3v) is 3.81. The van der Waals surface area contributed by atoms with E-state index in [-0.39, 0.29) is 13.1 Å². The van der Waals surface area contributed by atoms with Gasteiger partial charge in [-0.1, -0.05) is 30.3 Å². The van der Waals surface area contributed by atoms with Crippen LogP contribution in [0.2, 0.25) is 0 Å². The van der Waals surface area contributed by atoms with Crippen LogP contribution >= 0.6 is 0 Å². The fourth-order valence-electron chi connectivity index (χ4n) is 1.81. The number of furan rings is 1. The van der Waals surface area contributed by atoms with Crippen molar-refractivity contribution in [3.63, 3.8) is 0 Å². The molecule has 0 aliphatic rings. The van der Waals surface area contributed by atoms with E-state index in [2.05, 4.69) is 0 Å². The first-order valence-corrected chi connectivity index (χ1v) is 7.50. The first-order chi connectivity index (χ1) is 9.47. The van der Waals surface area contributed by atoms with E-state index in [0.717, 1.165) is 9.87 Å². The highest BCUT2D eigenvalue weighted by molar-refractivity contribution is 7.86. The Hall–Kier alpha value is -1.67. The highest BCUT2D eigenvalue weighted by atomic mass is 32.2. The van der Waals surface area contributed by atoms with Gasteiger partial charge in [-0.2, -0.15) is 12.7 Å². The number of benzene rings is 1. The molecule has 20 heavy (non-hydrogen) atoms. The average Bonchev–Trinajstić information content (AvgIpc) is 2.92. The van der Waals surface area contributed by atoms with Crippen molar-refractivity contribution in [1.82, 2.24) is 4.31 Å². The van der Waals surface area contributed by atoms with Gasteiger partial charge in [0, 0.05) is 13.1 Å². The third-order valence-electron chi connectivity index (χ3n) is 2.81. The fraction of sp³-hybridized carbons (Fsp3) is 0.231. The molecule has 6 nitrogen and oxygen atoms in total. The molecular formula is C13H16N2O4S. The SMILES string of the molecule is NS(=O)(=O)N(Cc1ccccc1)CC(O)c1ccco1. The minimum absolute atomic E-state index is 0.0947. The second-order valence-electron chi connectivity index (χ2n) is 4.35. The molecule has 0 saturated carbocycles. The molecule has 7 heteroatoms. The van der Waals surface area contributed by atoms with Gasteiger partial charge in [-0.3, -0.25) is 0 Å². The maximum absolute atomic E-state index is 11.6. The Morgan fingerprint density at radius 1 is 1.20 bits per heavy atom. The number of hydrogen-bond acceptors (Lipinski definition) is 4. The molecule has 1 aromatic carbocycles. The molecule has 1 unspecified atom stereocenters. The van der Waals surface area contributed by atoms with Crippen molar-refractivity contribution in [1.29, 1.82) is 0 Å². The summed E-state index contributed by atoms with van der Waals surface area (Å²) in [6.07, 6.45) is 0.351. The van der Waals surface area contributed by atoms with E-state index in [1.165, 1.54) is 6.26 Å². The summed E-state index contributed by atoms with van der Waals surface area (Å²) in [5.74, 6) is 0.298. The molecular weight excluding hydrogens is 280 g/mol. The van der Waals surface area contributed by atoms with Crippen molar-refractivity contribution in [3.05, 3.63) is 60.1 Å². The summed E-state index contributed by atoms with van der Waals surface area (Å²) >= 11 is 0. The number of rotatable bonds is 6. The van der Waals surface area contributed by atoms with Gasteiger partial charge < -0.3 is 9.52 Å². The summed E-state index contributed by atoms with van der Waals surface area (Å²) in [7, 11) is -3.92. The zero-order valence-corrected chi connectivity index (χ0v) is 11.5. The van der Waals surface area contributed by atoms with Gasteiger partial charge in [-0.25, -0.2) is 5.14 Å². The highest BCUT2D eigenvalue weighted by Gasteiger charge is 2.23. The Bertz CT molecular complexity index is 626. The zero-order chi connectivity index (χ0) is 14.6. The summed E-state index contributed by atoms with van der Waals surface area (Å²) in [4.78, 5) is 0. The van der Waals surface area contributed by atoms with E-state index in [0.29, 0.717) is 5.76 Å². The van der Waals surface area contributed by atoms with Crippen LogP contribution in [0.25, 0.3) is 0 Å². The lowest BCUT2D eigenvalue weighted by molar-refractivity contribution is 0.122. The highest BCUT2D eigenvalue weighted by Crippen LogP contribution is 2.17. The van der Waals surface area contributed by atoms with Crippen LogP contribution in [0.5, 0.6) is 0 Å². The monoisotopic (exact) mass is 296 g/mol. The molecule has 2 rings (SSSR count). The van der Waals surface area contributed by atoms with Crippen molar-refractivity contribution in [3.8, 4) is 0 Å². The van der Waals surface area contributed by atoms with Gasteiger partial charge in [0.2, 0.25) is 0 Å². The van der Waals surface area contributed by atoms with Crippen LogP contribution in [0.1, 0.15) is 17.4 Å². The quantitative estimate of drug-likeness (QED) is 0.831. The van der Waals surface area contributed by atoms with Crippen LogP contribution < -0.4 is 5.14 Å². The molecule has 3 N–H and O–H groups in total. The summed E-state index contributed by atoms with van der Waals surface area (Å²) in [5, 5.41) is 15.2. The minimum Gasteiger partial charge on any atom is -0.467 e. The van der Waals surface area contributed by atoms with Gasteiger partial charge in [0.05, 0.1) is 6.26 Å². The summed E-state index contributed by atoms with van der Waals surface area (Å²) in [5.41, 5.74) is 0.785. The summed E-state index contributed by atoms with van der Waals surface area (Å²) in [6.45, 7) is -0.0708. The Labute approximate surface area is 117 Å². The van der Waals surface area contributed by atoms with E-state index < -0.39 is 16.3 Å². The maximum Gasteiger partial charge on any atom is 0.277 e. The van der Waals surface area contributed by atoms with E-state index in [1.54, 1.807) is 36.4 Å². The fourth-order valence-corrected chi connectivity index (χ4v) is 2.49. The Morgan fingerprint density at radius 2 is 1.90 bits per heavy atom. The first-order valence-electron chi connectivity index (χ1n) is 6.00. The largest absolute Gasteiger partial charge is 0.467 e. The number of aliphatic hydroxyl groups is 1. The average molecular weight is 296 g/mol. The van der Waals surface area contributed by atoms with Gasteiger partial charge in [0.25, 0.3) is 10.2 Å². The Balaban J connectivity index is 2.13. The molecule has 0 bridgehead atoms. The second-order valence-corrected chi connectivity index (χ2v) is 5.90. The van der Waals surface area contributed by atoms with Crippen LogP contribution in [0.15, 0.2) is 53.1 Å². The predicted molar refractivity (Wildman–Crippen MR) is 73.6 cm³/mol. The van der Waals surface area contributed by atoms with Crippen molar-refractivity contribution in [2.75, 3.05) is 6.54 Å². The van der Waals surface area contributed by atoms with Gasteiger partial charge in [0.1, 0.15) is 11.9 Å². The van der Waals surface area contributed by atoms with Crippen molar-refractivity contribution in [2.24, 2.45) is 5.14 Å². The topological polar surface area (TPSA) is 96.8 Å². The number of hydrogen-bond donors (Lipinski definition) is 2. The molecule has 2 aromatic rings. The minimum atomic E-state index is -3.92. The molecule has 0 amide bonds. The normalized spacial score (nSPS) is 13.6. The molecule has 1 atom stereocenters. The Kier molecular flexibility index (Phi) is 4.56. The Morgan fingerprint density at radius 3 is 2.45 bits per heavy atom. The van der Waals surface area contributed by atoms with Crippen molar-refractivity contribution >= 4 is 10.2 Å². The maximum atomic E-state index is 11.6. The van der Waals surface area contributed by atoms with E-state index in [9.17, 15) is 13.5 Å². The van der Waals surface area contributed by atoms with Gasteiger partial charge in [-0.15, -0.1) is 0 Å². The van der Waals surface area contributed by atoms with Crippen LogP contribution in [-0.4, -0.2) is 24.4 Å². The summed E-state index contributed by atoms with van der Waals surface area (Å²) < 4.78 is 29.3.